The van der Waals surface area contributed by atoms with Gasteiger partial charge in [-0.25, -0.2) is 16.8 Å². The maximum absolute atomic E-state index is 13.8. The molecule has 2 fully saturated rings. The highest BCUT2D eigenvalue weighted by Gasteiger charge is 2.61. The van der Waals surface area contributed by atoms with Crippen molar-refractivity contribution in [2.75, 3.05) is 26.2 Å². The number of rotatable bonds is 7. The molecule has 2 bridgehead atoms. The Bertz CT molecular complexity index is 1230. The van der Waals surface area contributed by atoms with E-state index in [2.05, 4.69) is 0 Å². The number of nitrogens with zero attached hydrogens (tertiary/aromatic N) is 2. The third-order valence-electron chi connectivity index (χ3n) is 7.36. The second-order valence-corrected chi connectivity index (χ2v) is 14.3. The average Bonchev–Trinajstić information content (AvgIpc) is 2.79. The first-order valence-corrected chi connectivity index (χ1v) is 14.9. The van der Waals surface area contributed by atoms with Crippen molar-refractivity contribution in [1.82, 2.24) is 8.61 Å². The maximum Gasteiger partial charge on any atom is 0.243 e. The molecule has 2 saturated heterocycles. The first kappa shape index (κ1) is 26.0. The van der Waals surface area contributed by atoms with E-state index in [0.29, 0.717) is 12.8 Å². The topological polar surface area (TPSA) is 91.8 Å². The number of piperidine rings is 2. The predicted molar refractivity (Wildman–Crippen MR) is 135 cm³/mol. The van der Waals surface area contributed by atoms with Crippen LogP contribution in [0.3, 0.4) is 0 Å². The minimum Gasteiger partial charge on any atom is -0.298 e. The number of hydrogen-bond donors (Lipinski definition) is 0. The van der Waals surface area contributed by atoms with Gasteiger partial charge in [0.1, 0.15) is 5.78 Å². The number of fused-ring (bicyclic) bond motifs is 2. The van der Waals surface area contributed by atoms with Crippen LogP contribution in [0.5, 0.6) is 0 Å². The number of unbranched alkanes of at least 4 members (excludes halogenated alkanes) is 1. The van der Waals surface area contributed by atoms with E-state index in [1.54, 1.807) is 55.5 Å². The van der Waals surface area contributed by atoms with E-state index < -0.39 is 30.9 Å². The Kier molecular flexibility index (Phi) is 6.76. The van der Waals surface area contributed by atoms with E-state index in [4.69, 9.17) is 0 Å². The lowest BCUT2D eigenvalue weighted by Crippen LogP contribution is -2.70. The molecule has 0 saturated carbocycles. The molecule has 4 rings (SSSR count). The summed E-state index contributed by atoms with van der Waals surface area (Å²) in [6.45, 7) is 7.38. The number of aryl methyl sites for hydroxylation is 2. The van der Waals surface area contributed by atoms with Crippen molar-refractivity contribution >= 4 is 25.8 Å². The smallest absolute Gasteiger partial charge is 0.243 e. The Labute approximate surface area is 209 Å². The normalized spacial score (nSPS) is 26.1. The third kappa shape index (κ3) is 4.59. The molecule has 2 aromatic carbocycles. The summed E-state index contributed by atoms with van der Waals surface area (Å²) in [7, 11) is -7.68. The minimum atomic E-state index is -3.84. The summed E-state index contributed by atoms with van der Waals surface area (Å²) in [5.74, 6) is -0.0239. The van der Waals surface area contributed by atoms with E-state index in [1.165, 1.54) is 8.61 Å². The van der Waals surface area contributed by atoms with Gasteiger partial charge in [-0.2, -0.15) is 8.61 Å². The molecule has 2 aliphatic heterocycles. The van der Waals surface area contributed by atoms with Crippen molar-refractivity contribution in [1.29, 1.82) is 0 Å². The Morgan fingerprint density at radius 1 is 0.743 bits per heavy atom. The van der Waals surface area contributed by atoms with Gasteiger partial charge in [-0.05, 0) is 44.5 Å². The number of sulfonamides is 2. The lowest BCUT2D eigenvalue weighted by atomic mass is 9.63. The number of Topliss-reactive ketones (excluding diaryl/α,β-unsaturated/α-hetero) is 1. The van der Waals surface area contributed by atoms with Crippen LogP contribution >= 0.6 is 0 Å². The number of carbonyl (C=O) groups excluding carboxylic acids is 1. The van der Waals surface area contributed by atoms with Crippen LogP contribution in [0.15, 0.2) is 58.3 Å². The molecule has 0 amide bonds. The minimum absolute atomic E-state index is 0.0163. The summed E-state index contributed by atoms with van der Waals surface area (Å²) in [5, 5.41) is 0. The van der Waals surface area contributed by atoms with E-state index in [9.17, 15) is 21.6 Å². The van der Waals surface area contributed by atoms with Crippen LogP contribution in [-0.4, -0.2) is 57.4 Å². The lowest BCUT2D eigenvalue weighted by molar-refractivity contribution is -0.152. The molecular formula is C26H34N2O5S2. The predicted octanol–water partition coefficient (Wildman–Crippen LogP) is 3.76. The summed E-state index contributed by atoms with van der Waals surface area (Å²) >= 11 is 0. The van der Waals surface area contributed by atoms with Crippen LogP contribution in [-0.2, 0) is 24.8 Å². The van der Waals surface area contributed by atoms with Crippen LogP contribution in [0.25, 0.3) is 0 Å². The zero-order valence-corrected chi connectivity index (χ0v) is 22.5. The van der Waals surface area contributed by atoms with Gasteiger partial charge >= 0.3 is 0 Å². The molecule has 2 aromatic rings. The fraction of sp³-hybridized carbons (Fsp3) is 0.500. The quantitative estimate of drug-likeness (QED) is 0.557. The highest BCUT2D eigenvalue weighted by atomic mass is 32.2. The Hall–Kier alpha value is -2.07. The standard InChI is InChI=1S/C26H34N2O5S2/c1-5-6-15-26-18-27(34(30,31)22-11-7-20(2)8-12-22)16-25(4,24(26)29)17-28(19-26)35(32,33)23-13-9-21(3)10-14-23/h7-14H,5-6,15-19H2,1-4H3. The van der Waals surface area contributed by atoms with Crippen LogP contribution in [0.2, 0.25) is 0 Å². The lowest BCUT2D eigenvalue weighted by Gasteiger charge is -2.55. The van der Waals surface area contributed by atoms with Crippen molar-refractivity contribution < 1.29 is 21.6 Å². The summed E-state index contributed by atoms with van der Waals surface area (Å²) in [5.41, 5.74) is -0.313. The number of hydrogen-bond acceptors (Lipinski definition) is 5. The molecule has 0 radical (unpaired) electrons. The zero-order chi connectivity index (χ0) is 25.6. The monoisotopic (exact) mass is 518 g/mol. The van der Waals surface area contributed by atoms with E-state index in [0.717, 1.165) is 17.5 Å². The van der Waals surface area contributed by atoms with E-state index in [1.807, 2.05) is 20.8 Å². The molecule has 0 aliphatic carbocycles. The molecule has 9 heteroatoms. The summed E-state index contributed by atoms with van der Waals surface area (Å²) in [4.78, 5) is 14.2. The molecule has 0 aromatic heterocycles. The third-order valence-corrected chi connectivity index (χ3v) is 11.0. The molecule has 7 nitrogen and oxygen atoms in total. The Balaban J connectivity index is 1.75. The number of benzene rings is 2. The Morgan fingerprint density at radius 2 is 1.14 bits per heavy atom. The Morgan fingerprint density at radius 3 is 1.51 bits per heavy atom. The first-order chi connectivity index (χ1) is 16.3. The fourth-order valence-corrected chi connectivity index (χ4v) is 8.74. The molecule has 190 valence electrons. The average molecular weight is 519 g/mol. The molecule has 2 aliphatic rings. The van der Waals surface area contributed by atoms with Gasteiger partial charge in [-0.15, -0.1) is 0 Å². The van der Waals surface area contributed by atoms with Crippen LogP contribution in [0.4, 0.5) is 0 Å². The van der Waals surface area contributed by atoms with Gasteiger partial charge in [0, 0.05) is 26.2 Å². The highest BCUT2D eigenvalue weighted by Crippen LogP contribution is 2.48. The summed E-state index contributed by atoms with van der Waals surface area (Å²) < 4.78 is 57.3. The van der Waals surface area contributed by atoms with Gasteiger partial charge in [0.05, 0.1) is 20.6 Å². The summed E-state index contributed by atoms with van der Waals surface area (Å²) in [6, 6.07) is 13.4. The van der Waals surface area contributed by atoms with Crippen molar-refractivity contribution in [3.63, 3.8) is 0 Å². The van der Waals surface area contributed by atoms with Crippen molar-refractivity contribution in [3.05, 3.63) is 59.7 Å². The van der Waals surface area contributed by atoms with Crippen LogP contribution in [0.1, 0.15) is 44.2 Å². The SMILES string of the molecule is CCCCC12CN(S(=O)(=O)c3ccc(C)cc3)CC(C)(CN(S(=O)(=O)c3ccc(C)cc3)C1)C2=O. The molecule has 0 atom stereocenters. The summed E-state index contributed by atoms with van der Waals surface area (Å²) in [6.07, 6.45) is 1.97. The molecule has 0 spiro atoms. The second kappa shape index (κ2) is 9.10. The van der Waals surface area contributed by atoms with Crippen molar-refractivity contribution in [3.8, 4) is 0 Å². The molecule has 2 heterocycles. The van der Waals surface area contributed by atoms with Crippen LogP contribution < -0.4 is 0 Å². The molecule has 0 unspecified atom stereocenters. The van der Waals surface area contributed by atoms with Crippen LogP contribution in [0, 0.1) is 24.7 Å². The number of carbonyl (C=O) groups is 1. The maximum atomic E-state index is 13.8. The van der Waals surface area contributed by atoms with Gasteiger partial charge in [-0.3, -0.25) is 4.79 Å². The molecule has 0 N–H and O–H groups in total. The van der Waals surface area contributed by atoms with Gasteiger partial charge < -0.3 is 0 Å². The van der Waals surface area contributed by atoms with Gasteiger partial charge in [-0.1, -0.05) is 62.1 Å². The largest absolute Gasteiger partial charge is 0.298 e. The fourth-order valence-electron chi connectivity index (χ4n) is 5.44. The van der Waals surface area contributed by atoms with E-state index >= 15 is 0 Å². The van der Waals surface area contributed by atoms with Gasteiger partial charge in [0.15, 0.2) is 0 Å². The highest BCUT2D eigenvalue weighted by molar-refractivity contribution is 7.89. The van der Waals surface area contributed by atoms with Gasteiger partial charge in [0.2, 0.25) is 20.0 Å². The molecule has 35 heavy (non-hydrogen) atoms. The first-order valence-electron chi connectivity index (χ1n) is 12.0. The van der Waals surface area contributed by atoms with Gasteiger partial charge in [0.25, 0.3) is 0 Å². The van der Waals surface area contributed by atoms with Crippen molar-refractivity contribution in [2.24, 2.45) is 10.8 Å². The van der Waals surface area contributed by atoms with Crippen molar-refractivity contribution in [2.45, 2.75) is 56.7 Å². The second-order valence-electron chi connectivity index (χ2n) is 10.4. The van der Waals surface area contributed by atoms with E-state index in [-0.39, 0.29) is 41.8 Å². The molecular weight excluding hydrogens is 484 g/mol. The number of ketones is 1. The zero-order valence-electron chi connectivity index (χ0n) is 20.8.